The number of fused-ring (bicyclic) bond motifs is 1. The molecule has 0 aliphatic rings. The molecule has 0 atom stereocenters. The van der Waals surface area contributed by atoms with E-state index >= 15 is 0 Å². The van der Waals surface area contributed by atoms with Crippen LogP contribution in [0.2, 0.25) is 10.0 Å². The lowest BCUT2D eigenvalue weighted by molar-refractivity contribution is -0.116. The van der Waals surface area contributed by atoms with E-state index < -0.39 is 0 Å². The van der Waals surface area contributed by atoms with Crippen LogP contribution < -0.4 is 5.32 Å². The van der Waals surface area contributed by atoms with Crippen LogP contribution in [0.15, 0.2) is 73.1 Å². The average Bonchev–Trinajstić information content (AvgIpc) is 2.80. The molecule has 0 radical (unpaired) electrons. The number of carbonyl (C=O) groups is 2. The zero-order valence-corrected chi connectivity index (χ0v) is 18.6. The number of carbonyl (C=O) groups excluding carboxylic acids is 2. The van der Waals surface area contributed by atoms with Crippen LogP contribution in [-0.2, 0) is 4.79 Å². The minimum atomic E-state index is -0.355. The third-order valence-electron chi connectivity index (χ3n) is 4.85. The van der Waals surface area contributed by atoms with Crippen LogP contribution in [0.25, 0.3) is 22.2 Å². The van der Waals surface area contributed by atoms with Crippen molar-refractivity contribution in [3.8, 4) is 11.3 Å². The predicted octanol–water partition coefficient (Wildman–Crippen LogP) is 5.31. The van der Waals surface area contributed by atoms with Gasteiger partial charge in [-0.1, -0.05) is 41.4 Å². The lowest BCUT2D eigenvalue weighted by Crippen LogP contribution is -2.35. The first kappa shape index (κ1) is 21.7. The van der Waals surface area contributed by atoms with Gasteiger partial charge in [-0.2, -0.15) is 0 Å². The molecule has 1 N–H and O–H groups in total. The maximum absolute atomic E-state index is 13.3. The number of aromatic nitrogens is 2. The summed E-state index contributed by atoms with van der Waals surface area (Å²) in [6.45, 7) is -0.139. The normalized spacial score (nSPS) is 10.7. The van der Waals surface area contributed by atoms with Crippen molar-refractivity contribution in [1.29, 1.82) is 0 Å². The van der Waals surface area contributed by atoms with E-state index in [1.807, 2.05) is 36.4 Å². The second-order valence-corrected chi connectivity index (χ2v) is 7.96. The van der Waals surface area contributed by atoms with Crippen molar-refractivity contribution in [3.63, 3.8) is 0 Å². The summed E-state index contributed by atoms with van der Waals surface area (Å²) >= 11 is 11.9. The molecule has 8 heteroatoms. The van der Waals surface area contributed by atoms with E-state index in [0.29, 0.717) is 37.9 Å². The fraction of sp³-hybridized carbons (Fsp3) is 0.0833. The molecule has 0 spiro atoms. The first-order valence-corrected chi connectivity index (χ1v) is 10.5. The maximum atomic E-state index is 13.3. The van der Waals surface area contributed by atoms with E-state index in [4.69, 9.17) is 23.2 Å². The Kier molecular flexibility index (Phi) is 6.35. The van der Waals surface area contributed by atoms with E-state index in [1.54, 1.807) is 43.7 Å². The maximum Gasteiger partial charge on any atom is 0.254 e. The Balaban J connectivity index is 1.59. The third-order valence-corrected chi connectivity index (χ3v) is 5.59. The van der Waals surface area contributed by atoms with Gasteiger partial charge in [-0.05, 0) is 42.5 Å². The number of likely N-dealkylation sites (N-methyl/N-ethyl adjacent to an activating group) is 1. The number of benzene rings is 2. The number of nitrogens with one attached hydrogen (secondary N) is 1. The van der Waals surface area contributed by atoms with Crippen LogP contribution in [0.5, 0.6) is 0 Å². The zero-order chi connectivity index (χ0) is 22.7. The molecule has 0 fully saturated rings. The second-order valence-electron chi connectivity index (χ2n) is 7.15. The molecule has 2 aromatic heterocycles. The number of hydrogen-bond donors (Lipinski definition) is 1. The van der Waals surface area contributed by atoms with Crippen LogP contribution in [0.1, 0.15) is 10.4 Å². The van der Waals surface area contributed by atoms with Crippen LogP contribution >= 0.6 is 23.2 Å². The van der Waals surface area contributed by atoms with Crippen molar-refractivity contribution in [2.24, 2.45) is 0 Å². The van der Waals surface area contributed by atoms with Crippen LogP contribution in [0.4, 0.5) is 5.69 Å². The van der Waals surface area contributed by atoms with Gasteiger partial charge in [0, 0.05) is 36.1 Å². The molecule has 0 aliphatic carbocycles. The van der Waals surface area contributed by atoms with E-state index in [-0.39, 0.29) is 18.4 Å². The van der Waals surface area contributed by atoms with E-state index in [1.165, 1.54) is 4.90 Å². The molecule has 2 amide bonds. The Labute approximate surface area is 194 Å². The number of amides is 2. The number of pyridine rings is 2. The van der Waals surface area contributed by atoms with Gasteiger partial charge in [0.15, 0.2) is 0 Å². The van der Waals surface area contributed by atoms with E-state index in [0.717, 1.165) is 5.56 Å². The van der Waals surface area contributed by atoms with Crippen molar-refractivity contribution in [3.05, 3.63) is 88.7 Å². The smallest absolute Gasteiger partial charge is 0.254 e. The summed E-state index contributed by atoms with van der Waals surface area (Å²) in [7, 11) is 1.58. The number of hydrogen-bond acceptors (Lipinski definition) is 4. The van der Waals surface area contributed by atoms with Crippen molar-refractivity contribution in [2.45, 2.75) is 0 Å². The quantitative estimate of drug-likeness (QED) is 0.433. The Bertz CT molecular complexity index is 1310. The van der Waals surface area contributed by atoms with Crippen LogP contribution in [-0.4, -0.2) is 40.3 Å². The Hall–Kier alpha value is -3.48. The topological polar surface area (TPSA) is 75.2 Å². The average molecular weight is 465 g/mol. The Morgan fingerprint density at radius 3 is 2.47 bits per heavy atom. The van der Waals surface area contributed by atoms with Crippen LogP contribution in [0.3, 0.4) is 0 Å². The van der Waals surface area contributed by atoms with Gasteiger partial charge in [-0.3, -0.25) is 14.6 Å². The molecule has 32 heavy (non-hydrogen) atoms. The molecule has 4 rings (SSSR count). The zero-order valence-electron chi connectivity index (χ0n) is 17.0. The van der Waals surface area contributed by atoms with Gasteiger partial charge in [-0.15, -0.1) is 0 Å². The molecule has 0 bridgehead atoms. The van der Waals surface area contributed by atoms with Crippen molar-refractivity contribution in [2.75, 3.05) is 18.9 Å². The first-order chi connectivity index (χ1) is 15.4. The molecule has 0 saturated heterocycles. The third kappa shape index (κ3) is 4.72. The highest BCUT2D eigenvalue weighted by Gasteiger charge is 2.19. The lowest BCUT2D eigenvalue weighted by Gasteiger charge is -2.18. The number of anilines is 1. The number of halogens is 2. The van der Waals surface area contributed by atoms with E-state index in [2.05, 4.69) is 15.3 Å². The van der Waals surface area contributed by atoms with Gasteiger partial charge in [0.25, 0.3) is 5.91 Å². The molecule has 0 unspecified atom stereocenters. The highest BCUT2D eigenvalue weighted by Crippen LogP contribution is 2.26. The molecule has 160 valence electrons. The van der Waals surface area contributed by atoms with Crippen molar-refractivity contribution < 1.29 is 9.59 Å². The summed E-state index contributed by atoms with van der Waals surface area (Å²) in [5.74, 6) is -0.643. The lowest BCUT2D eigenvalue weighted by atomic mass is 10.0. The molecule has 0 aliphatic heterocycles. The summed E-state index contributed by atoms with van der Waals surface area (Å²) in [5, 5.41) is 4.17. The highest BCUT2D eigenvalue weighted by atomic mass is 35.5. The molecular weight excluding hydrogens is 447 g/mol. The summed E-state index contributed by atoms with van der Waals surface area (Å²) in [4.78, 5) is 35.9. The molecule has 2 heterocycles. The number of nitrogens with zero attached hydrogens (tertiary/aromatic N) is 3. The first-order valence-electron chi connectivity index (χ1n) is 9.73. The van der Waals surface area contributed by atoms with Crippen molar-refractivity contribution in [1.82, 2.24) is 14.9 Å². The largest absolute Gasteiger partial charge is 0.332 e. The van der Waals surface area contributed by atoms with Gasteiger partial charge < -0.3 is 10.2 Å². The molecule has 0 saturated carbocycles. The summed E-state index contributed by atoms with van der Waals surface area (Å²) in [5.41, 5.74) is 3.16. The van der Waals surface area contributed by atoms with Gasteiger partial charge in [0.2, 0.25) is 5.91 Å². The Morgan fingerprint density at radius 1 is 0.969 bits per heavy atom. The minimum Gasteiger partial charge on any atom is -0.332 e. The molecule has 2 aromatic carbocycles. The van der Waals surface area contributed by atoms with Gasteiger partial charge in [0.1, 0.15) is 0 Å². The summed E-state index contributed by atoms with van der Waals surface area (Å²) < 4.78 is 0. The minimum absolute atomic E-state index is 0.139. The second kappa shape index (κ2) is 9.34. The fourth-order valence-corrected chi connectivity index (χ4v) is 3.59. The van der Waals surface area contributed by atoms with Gasteiger partial charge in [0.05, 0.1) is 33.4 Å². The number of rotatable bonds is 5. The van der Waals surface area contributed by atoms with Gasteiger partial charge >= 0.3 is 0 Å². The molecular formula is C24H18Cl2N4O2. The van der Waals surface area contributed by atoms with Crippen LogP contribution in [0, 0.1) is 0 Å². The standard InChI is InChI=1S/C24H18Cl2N4O2/c1-30(14-23(31)28-16-6-7-19(25)20(26)12-16)24(32)18-13-22(15-8-10-27-11-9-15)29-21-5-3-2-4-17(18)21/h2-13H,14H2,1H3,(H,28,31). The SMILES string of the molecule is CN(CC(=O)Nc1ccc(Cl)c(Cl)c1)C(=O)c1cc(-c2ccncc2)nc2ccccc12. The highest BCUT2D eigenvalue weighted by molar-refractivity contribution is 6.42. The number of para-hydroxylation sites is 1. The monoisotopic (exact) mass is 464 g/mol. The summed E-state index contributed by atoms with van der Waals surface area (Å²) in [6.07, 6.45) is 3.35. The van der Waals surface area contributed by atoms with Gasteiger partial charge in [-0.25, -0.2) is 4.98 Å². The van der Waals surface area contributed by atoms with Crippen molar-refractivity contribution >= 4 is 51.6 Å². The predicted molar refractivity (Wildman–Crippen MR) is 127 cm³/mol. The molecule has 4 aromatic rings. The Morgan fingerprint density at radius 2 is 1.72 bits per heavy atom. The fourth-order valence-electron chi connectivity index (χ4n) is 3.29. The summed E-state index contributed by atoms with van der Waals surface area (Å²) in [6, 6.07) is 17.6. The van der Waals surface area contributed by atoms with E-state index in [9.17, 15) is 9.59 Å². The molecule has 6 nitrogen and oxygen atoms in total.